The van der Waals surface area contributed by atoms with Gasteiger partial charge in [-0.25, -0.2) is 0 Å². The van der Waals surface area contributed by atoms with Gasteiger partial charge < -0.3 is 19.3 Å². The molecule has 3 fully saturated rings. The summed E-state index contributed by atoms with van der Waals surface area (Å²) in [5.41, 5.74) is 0. The van der Waals surface area contributed by atoms with Crippen molar-refractivity contribution in [3.63, 3.8) is 0 Å². The molecule has 0 amide bonds. The summed E-state index contributed by atoms with van der Waals surface area (Å²) in [4.78, 5) is 22.1. The maximum absolute atomic E-state index is 12.8. The Morgan fingerprint density at radius 2 is 1.72 bits per heavy atom. The van der Waals surface area contributed by atoms with Gasteiger partial charge in [0.1, 0.15) is 12.6 Å². The fourth-order valence-electron chi connectivity index (χ4n) is 4.10. The molecule has 0 saturated carbocycles. The minimum Gasteiger partial charge on any atom is -0.463 e. The van der Waals surface area contributed by atoms with Gasteiger partial charge in [-0.3, -0.25) is 14.6 Å². The maximum Gasteiger partial charge on any atom is 0.324 e. The van der Waals surface area contributed by atoms with Crippen molar-refractivity contribution < 1.29 is 14.3 Å². The highest BCUT2D eigenvalue weighted by Crippen LogP contribution is 2.21. The van der Waals surface area contributed by atoms with Gasteiger partial charge >= 0.3 is 5.97 Å². The molecule has 3 aliphatic rings. The van der Waals surface area contributed by atoms with Gasteiger partial charge in [0.05, 0.1) is 13.2 Å². The van der Waals surface area contributed by atoms with E-state index in [1.807, 2.05) is 0 Å². The van der Waals surface area contributed by atoms with Crippen LogP contribution in [0.5, 0.6) is 0 Å². The van der Waals surface area contributed by atoms with Crippen molar-refractivity contribution in [2.75, 3.05) is 86.3 Å². The lowest BCUT2D eigenvalue weighted by atomic mass is 9.99. The second-order valence-electron chi connectivity index (χ2n) is 7.67. The lowest BCUT2D eigenvalue weighted by molar-refractivity contribution is -0.155. The summed E-state index contributed by atoms with van der Waals surface area (Å²) in [7, 11) is 4.28. The number of rotatable bonds is 5. The highest BCUT2D eigenvalue weighted by Gasteiger charge is 2.37. The molecule has 1 unspecified atom stereocenters. The minimum absolute atomic E-state index is 0.0428. The topological polar surface area (TPSA) is 48.5 Å². The van der Waals surface area contributed by atoms with Crippen LogP contribution in [0.4, 0.5) is 0 Å². The van der Waals surface area contributed by atoms with Crippen LogP contribution >= 0.6 is 0 Å². The van der Waals surface area contributed by atoms with Crippen molar-refractivity contribution in [3.8, 4) is 0 Å². The predicted molar refractivity (Wildman–Crippen MR) is 96.7 cm³/mol. The van der Waals surface area contributed by atoms with Crippen molar-refractivity contribution in [3.05, 3.63) is 0 Å². The number of piperazine rings is 1. The van der Waals surface area contributed by atoms with Crippen molar-refractivity contribution in [1.29, 1.82) is 0 Å². The smallest absolute Gasteiger partial charge is 0.324 e. The van der Waals surface area contributed by atoms with Gasteiger partial charge in [-0.1, -0.05) is 0 Å². The van der Waals surface area contributed by atoms with E-state index >= 15 is 0 Å². The zero-order chi connectivity index (χ0) is 17.6. The molecule has 25 heavy (non-hydrogen) atoms. The molecule has 7 heteroatoms. The summed E-state index contributed by atoms with van der Waals surface area (Å²) in [6.45, 7) is 9.76. The molecule has 0 aromatic carbocycles. The molecule has 144 valence electrons. The van der Waals surface area contributed by atoms with E-state index in [2.05, 4.69) is 33.7 Å². The van der Waals surface area contributed by atoms with Crippen molar-refractivity contribution in [1.82, 2.24) is 19.6 Å². The first-order valence-corrected chi connectivity index (χ1v) is 9.73. The fourth-order valence-corrected chi connectivity index (χ4v) is 4.10. The number of ether oxygens (including phenoxy) is 2. The van der Waals surface area contributed by atoms with Crippen LogP contribution in [0.1, 0.15) is 12.8 Å². The normalized spacial score (nSPS) is 29.0. The summed E-state index contributed by atoms with van der Waals surface area (Å²) in [5, 5.41) is 0. The average molecular weight is 354 g/mol. The van der Waals surface area contributed by atoms with Gasteiger partial charge in [-0.15, -0.1) is 0 Å². The fraction of sp³-hybridized carbons (Fsp3) is 0.944. The van der Waals surface area contributed by atoms with Crippen LogP contribution in [-0.4, -0.2) is 124 Å². The molecule has 3 aliphatic heterocycles. The molecule has 0 bridgehead atoms. The largest absolute Gasteiger partial charge is 0.463 e. The number of likely N-dealkylation sites (N-methyl/N-ethyl adjacent to an activating group) is 1. The molecule has 0 aromatic heterocycles. The van der Waals surface area contributed by atoms with Gasteiger partial charge in [-0.05, 0) is 40.0 Å². The lowest BCUT2D eigenvalue weighted by Crippen LogP contribution is -2.60. The molecule has 0 N–H and O–H groups in total. The van der Waals surface area contributed by atoms with E-state index in [1.165, 1.54) is 0 Å². The van der Waals surface area contributed by atoms with Crippen molar-refractivity contribution in [2.24, 2.45) is 0 Å². The molecule has 1 atom stereocenters. The average Bonchev–Trinajstić information content (AvgIpc) is 2.63. The first kappa shape index (κ1) is 19.0. The second-order valence-corrected chi connectivity index (χ2v) is 7.67. The molecule has 0 aromatic rings. The predicted octanol–water partition coefficient (Wildman–Crippen LogP) is -0.428. The summed E-state index contributed by atoms with van der Waals surface area (Å²) >= 11 is 0. The Balaban J connectivity index is 1.49. The molecule has 7 nitrogen and oxygen atoms in total. The Labute approximate surface area is 151 Å². The van der Waals surface area contributed by atoms with E-state index in [0.29, 0.717) is 12.6 Å². The van der Waals surface area contributed by atoms with E-state index in [1.54, 1.807) is 0 Å². The van der Waals surface area contributed by atoms with E-state index in [9.17, 15) is 4.79 Å². The third kappa shape index (κ3) is 5.37. The van der Waals surface area contributed by atoms with Crippen LogP contribution in [0.15, 0.2) is 0 Å². The standard InChI is InChI=1S/C18H34N4O3/c1-19-5-3-16(4-6-19)22-8-7-20(2)15-17(22)18(23)25-14-11-21-9-12-24-13-10-21/h16-17H,3-15H2,1-2H3. The molecule has 0 radical (unpaired) electrons. The van der Waals surface area contributed by atoms with Crippen LogP contribution in [0.25, 0.3) is 0 Å². The molecule has 3 saturated heterocycles. The highest BCUT2D eigenvalue weighted by molar-refractivity contribution is 5.76. The van der Waals surface area contributed by atoms with Gasteiger partial charge in [0.2, 0.25) is 0 Å². The van der Waals surface area contributed by atoms with Crippen LogP contribution in [-0.2, 0) is 14.3 Å². The van der Waals surface area contributed by atoms with Crippen molar-refractivity contribution >= 4 is 5.97 Å². The van der Waals surface area contributed by atoms with E-state index in [0.717, 1.165) is 78.4 Å². The number of hydrogen-bond donors (Lipinski definition) is 0. The zero-order valence-corrected chi connectivity index (χ0v) is 15.9. The quantitative estimate of drug-likeness (QED) is 0.621. The Hall–Kier alpha value is -0.730. The van der Waals surface area contributed by atoms with Gasteiger partial charge in [0, 0.05) is 45.3 Å². The van der Waals surface area contributed by atoms with Crippen LogP contribution in [0.3, 0.4) is 0 Å². The lowest BCUT2D eigenvalue weighted by Gasteiger charge is -2.45. The first-order chi connectivity index (χ1) is 12.1. The van der Waals surface area contributed by atoms with Crippen molar-refractivity contribution in [2.45, 2.75) is 24.9 Å². The van der Waals surface area contributed by atoms with Crippen LogP contribution in [0, 0.1) is 0 Å². The highest BCUT2D eigenvalue weighted by atomic mass is 16.5. The molecular weight excluding hydrogens is 320 g/mol. The van der Waals surface area contributed by atoms with E-state index < -0.39 is 0 Å². The summed E-state index contributed by atoms with van der Waals surface area (Å²) in [5.74, 6) is -0.0428. The molecular formula is C18H34N4O3. The number of piperidine rings is 1. The third-order valence-corrected chi connectivity index (χ3v) is 5.81. The van der Waals surface area contributed by atoms with Gasteiger partial charge in [0.15, 0.2) is 0 Å². The number of hydrogen-bond acceptors (Lipinski definition) is 7. The van der Waals surface area contributed by atoms with Crippen LogP contribution < -0.4 is 0 Å². The Morgan fingerprint density at radius 1 is 1.00 bits per heavy atom. The molecule has 0 spiro atoms. The number of esters is 1. The summed E-state index contributed by atoms with van der Waals surface area (Å²) < 4.78 is 11.0. The number of morpholine rings is 1. The van der Waals surface area contributed by atoms with E-state index in [-0.39, 0.29) is 12.0 Å². The number of carbonyl (C=O) groups excluding carboxylic acids is 1. The molecule has 3 rings (SSSR count). The van der Waals surface area contributed by atoms with Gasteiger partial charge in [0.25, 0.3) is 0 Å². The number of carbonyl (C=O) groups is 1. The van der Waals surface area contributed by atoms with E-state index in [4.69, 9.17) is 9.47 Å². The molecule has 0 aliphatic carbocycles. The number of likely N-dealkylation sites (tertiary alicyclic amines) is 1. The number of nitrogens with zero attached hydrogens (tertiary/aromatic N) is 4. The monoisotopic (exact) mass is 354 g/mol. The first-order valence-electron chi connectivity index (χ1n) is 9.73. The maximum atomic E-state index is 12.8. The van der Waals surface area contributed by atoms with Gasteiger partial charge in [-0.2, -0.15) is 0 Å². The minimum atomic E-state index is -0.114. The Bertz CT molecular complexity index is 423. The second kappa shape index (κ2) is 9.28. The Morgan fingerprint density at radius 3 is 2.44 bits per heavy atom. The van der Waals surface area contributed by atoms with Crippen LogP contribution in [0.2, 0.25) is 0 Å². The molecule has 3 heterocycles. The zero-order valence-electron chi connectivity index (χ0n) is 15.9. The summed E-state index contributed by atoms with van der Waals surface area (Å²) in [6, 6.07) is 0.401. The summed E-state index contributed by atoms with van der Waals surface area (Å²) in [6.07, 6.45) is 2.30. The Kier molecular flexibility index (Phi) is 7.07. The third-order valence-electron chi connectivity index (χ3n) is 5.81. The SMILES string of the molecule is CN1CCC(N2CCN(C)CC2C(=O)OCCN2CCOCC2)CC1.